The number of ether oxygens (including phenoxy) is 5. The molecule has 0 saturated carbocycles. The lowest BCUT2D eigenvalue weighted by Crippen LogP contribution is -2.45. The topological polar surface area (TPSA) is 143 Å². The van der Waals surface area contributed by atoms with Gasteiger partial charge in [-0.2, -0.15) is 0 Å². The number of amides is 3. The minimum atomic E-state index is -0.880. The van der Waals surface area contributed by atoms with E-state index in [0.29, 0.717) is 44.8 Å². The van der Waals surface area contributed by atoms with E-state index in [2.05, 4.69) is 11.9 Å². The molecule has 0 unspecified atom stereocenters. The van der Waals surface area contributed by atoms with Gasteiger partial charge < -0.3 is 33.7 Å². The molecule has 2 heterocycles. The Hall–Kier alpha value is -4.10. The highest BCUT2D eigenvalue weighted by molar-refractivity contribution is 6.04. The summed E-state index contributed by atoms with van der Waals surface area (Å²) in [6.45, 7) is 5.58. The van der Waals surface area contributed by atoms with Gasteiger partial charge in [0.15, 0.2) is 6.20 Å². The maximum atomic E-state index is 13.7. The van der Waals surface area contributed by atoms with Crippen molar-refractivity contribution in [1.29, 1.82) is 0 Å². The molecule has 2 aromatic rings. The molecule has 1 aliphatic rings. The molecule has 1 aliphatic heterocycles. The number of benzene rings is 1. The molecule has 14 heteroatoms. The third-order valence-electron chi connectivity index (χ3n) is 10.8. The maximum absolute atomic E-state index is 13.7. The van der Waals surface area contributed by atoms with Gasteiger partial charge in [-0.15, -0.1) is 12.4 Å². The third-order valence-corrected chi connectivity index (χ3v) is 10.8. The molecule has 0 aliphatic carbocycles. The largest absolute Gasteiger partial charge is 0.597 e. The number of hydrogen-bond acceptors (Lipinski definition) is 10. The van der Waals surface area contributed by atoms with Gasteiger partial charge in [-0.3, -0.25) is 9.79 Å². The van der Waals surface area contributed by atoms with Crippen LogP contribution in [0.15, 0.2) is 53.7 Å². The third kappa shape index (κ3) is 20.0. The number of imide groups is 1. The monoisotopic (exact) mass is 861 g/mol. The zero-order chi connectivity index (χ0) is 42.5. The average molecular weight is 862 g/mol. The molecule has 1 aromatic heterocycles. The first-order valence-electron chi connectivity index (χ1n) is 22.2. The van der Waals surface area contributed by atoms with Gasteiger partial charge in [-0.25, -0.2) is 19.1 Å². The number of likely N-dealkylation sites (tertiary alicyclic amines) is 1. The molecular formula is C46H73ClN4O9. The first-order chi connectivity index (χ1) is 28.8. The van der Waals surface area contributed by atoms with Crippen molar-refractivity contribution in [1.82, 2.24) is 9.80 Å². The number of para-hydroxylation sites is 1. The molecule has 1 aromatic carbocycles. The Balaban J connectivity index is 0.0000124. The van der Waals surface area contributed by atoms with Crippen molar-refractivity contribution in [2.75, 3.05) is 47.1 Å². The molecule has 0 N–H and O–H groups in total. The van der Waals surface area contributed by atoms with E-state index in [9.17, 15) is 19.5 Å². The highest BCUT2D eigenvalue weighted by Gasteiger charge is 2.31. The van der Waals surface area contributed by atoms with E-state index >= 15 is 0 Å². The second-order valence-electron chi connectivity index (χ2n) is 15.3. The molecule has 3 amide bonds. The van der Waals surface area contributed by atoms with Crippen LogP contribution in [0.3, 0.4) is 0 Å². The second kappa shape index (κ2) is 31.7. The van der Waals surface area contributed by atoms with Crippen LogP contribution in [0.25, 0.3) is 0 Å². The summed E-state index contributed by atoms with van der Waals surface area (Å²) in [5.41, 5.74) is 0.938. The lowest BCUT2D eigenvalue weighted by Gasteiger charge is -2.35. The quantitative estimate of drug-likeness (QED) is 0.0355. The van der Waals surface area contributed by atoms with Crippen LogP contribution in [0.5, 0.6) is 5.75 Å². The summed E-state index contributed by atoms with van der Waals surface area (Å²) in [5, 5.41) is 12.3. The number of aliphatic imine (C=N–C) groups is 1. The van der Waals surface area contributed by atoms with Crippen molar-refractivity contribution in [3.63, 3.8) is 0 Å². The van der Waals surface area contributed by atoms with Crippen LogP contribution in [0.1, 0.15) is 145 Å². The molecule has 1 saturated heterocycles. The second-order valence-corrected chi connectivity index (χ2v) is 15.3. The van der Waals surface area contributed by atoms with Crippen LogP contribution >= 0.6 is 12.4 Å². The fraction of sp³-hybridized carbons (Fsp3) is 0.674. The first-order valence-corrected chi connectivity index (χ1v) is 22.2. The van der Waals surface area contributed by atoms with Gasteiger partial charge >= 0.3 is 12.2 Å². The Labute approximate surface area is 365 Å². The molecule has 60 heavy (non-hydrogen) atoms. The molecule has 1 atom stereocenters. The van der Waals surface area contributed by atoms with Gasteiger partial charge in [0.05, 0.1) is 12.7 Å². The number of hydrogen-bond donors (Lipinski definition) is 0. The molecule has 13 nitrogen and oxygen atoms in total. The number of methoxy groups -OCH3 is 2. The number of carbonyl (C=O) groups is 3. The number of pyridine rings is 1. The van der Waals surface area contributed by atoms with Gasteiger partial charge in [0.1, 0.15) is 44.2 Å². The van der Waals surface area contributed by atoms with E-state index in [1.165, 1.54) is 104 Å². The summed E-state index contributed by atoms with van der Waals surface area (Å²) in [4.78, 5) is 46.8. The van der Waals surface area contributed by atoms with Gasteiger partial charge in [-0.05, 0) is 38.3 Å². The van der Waals surface area contributed by atoms with E-state index < -0.39 is 30.3 Å². The Morgan fingerprint density at radius 1 is 0.800 bits per heavy atom. The minimum absolute atomic E-state index is 0. The first kappa shape index (κ1) is 52.0. The van der Waals surface area contributed by atoms with Crippen LogP contribution in [0.2, 0.25) is 0 Å². The highest BCUT2D eigenvalue weighted by atomic mass is 35.5. The van der Waals surface area contributed by atoms with Gasteiger partial charge in [-0.1, -0.05) is 121 Å². The van der Waals surface area contributed by atoms with E-state index in [4.69, 9.17) is 23.7 Å². The number of aryl methyl sites for hydroxylation is 1. The van der Waals surface area contributed by atoms with Crippen LogP contribution in [0, 0.1) is 0 Å². The van der Waals surface area contributed by atoms with E-state index in [0.717, 1.165) is 23.4 Å². The fourth-order valence-corrected chi connectivity index (χ4v) is 7.16. The Morgan fingerprint density at radius 3 is 1.95 bits per heavy atom. The fourth-order valence-electron chi connectivity index (χ4n) is 7.16. The predicted octanol–water partition coefficient (Wildman–Crippen LogP) is 8.81. The summed E-state index contributed by atoms with van der Waals surface area (Å²) in [6, 6.07) is 12.2. The smallest absolute Gasteiger partial charge is 0.417 e. The van der Waals surface area contributed by atoms with Crippen molar-refractivity contribution in [2.45, 2.75) is 155 Å². The van der Waals surface area contributed by atoms with Gasteiger partial charge in [0.2, 0.25) is 5.69 Å². The SMILES string of the molecule is CCCCCCCCCCCCCCCCCCN=C([O-])OC1CCN(C(=O)OC[C@H](COC(=O)N(Cc2cccc[n+]2CC)C(=O)c2ccccc2OC)OC)CC1.Cl. The Morgan fingerprint density at radius 2 is 1.37 bits per heavy atom. The molecule has 0 bridgehead atoms. The normalized spacial score (nSPS) is 13.6. The van der Waals surface area contributed by atoms with Gasteiger partial charge in [0.25, 0.3) is 5.91 Å². The standard InChI is InChI=1S/C46H72N4O9.ClH/c1-5-7-8-9-10-11-12-13-14-15-16-17-18-19-20-24-31-47-44(52)59-39-29-33-49(34-30-39)45(53)57-36-40(55-3)37-58-46(54)50(35-38-26-23-25-32-48(38)6-2)43(51)41-27-21-22-28-42(41)56-4;/h21-23,25-28,32,39-40H,5-20,24,29-31,33-37H2,1-4H3;1H/t40-;/m1./s1. The zero-order valence-electron chi connectivity index (χ0n) is 36.8. The van der Waals surface area contributed by atoms with Crippen molar-refractivity contribution in [2.24, 2.45) is 4.99 Å². The van der Waals surface area contributed by atoms with Crippen molar-refractivity contribution in [3.05, 3.63) is 59.9 Å². The van der Waals surface area contributed by atoms with Crippen LogP contribution in [-0.4, -0.2) is 93.3 Å². The predicted molar refractivity (Wildman–Crippen MR) is 233 cm³/mol. The van der Waals surface area contributed by atoms with E-state index in [-0.39, 0.29) is 43.8 Å². The number of piperidine rings is 1. The summed E-state index contributed by atoms with van der Waals surface area (Å²) in [6.07, 6.45) is 20.5. The van der Waals surface area contributed by atoms with Gasteiger partial charge in [0, 0.05) is 45.0 Å². The highest BCUT2D eigenvalue weighted by Crippen LogP contribution is 2.21. The lowest BCUT2D eigenvalue weighted by molar-refractivity contribution is -0.701. The average Bonchev–Trinajstić information content (AvgIpc) is 3.26. The van der Waals surface area contributed by atoms with Crippen LogP contribution in [0.4, 0.5) is 9.59 Å². The summed E-state index contributed by atoms with van der Waals surface area (Å²) >= 11 is 0. The number of unbranched alkanes of at least 4 members (excludes halogenated alkanes) is 15. The molecule has 0 spiro atoms. The number of nitrogens with zero attached hydrogens (tertiary/aromatic N) is 4. The molecule has 338 valence electrons. The molecule has 1 fully saturated rings. The lowest BCUT2D eigenvalue weighted by atomic mass is 10.0. The van der Waals surface area contributed by atoms with E-state index in [1.54, 1.807) is 29.2 Å². The molecule has 0 radical (unpaired) electrons. The zero-order valence-corrected chi connectivity index (χ0v) is 37.6. The number of carbonyl (C=O) groups excluding carboxylic acids is 3. The number of halogens is 1. The van der Waals surface area contributed by atoms with Crippen molar-refractivity contribution < 1.29 is 47.7 Å². The minimum Gasteiger partial charge on any atom is -0.597 e. The number of rotatable bonds is 28. The molecular weight excluding hydrogens is 788 g/mol. The van der Waals surface area contributed by atoms with Crippen molar-refractivity contribution in [3.8, 4) is 5.75 Å². The summed E-state index contributed by atoms with van der Waals surface area (Å²) < 4.78 is 29.4. The van der Waals surface area contributed by atoms with Crippen LogP contribution < -0.4 is 14.4 Å². The summed E-state index contributed by atoms with van der Waals surface area (Å²) in [7, 11) is 2.88. The van der Waals surface area contributed by atoms with Crippen molar-refractivity contribution >= 4 is 36.6 Å². The number of aromatic nitrogens is 1. The maximum Gasteiger partial charge on any atom is 0.417 e. The molecule has 3 rings (SSSR count). The Bertz CT molecular complexity index is 1520. The van der Waals surface area contributed by atoms with E-state index in [1.807, 2.05) is 35.9 Å². The Kier molecular flexibility index (Phi) is 27.5. The summed E-state index contributed by atoms with van der Waals surface area (Å²) in [5.74, 6) is -0.260. The van der Waals surface area contributed by atoms with Crippen LogP contribution in [-0.2, 0) is 32.0 Å².